The van der Waals surface area contributed by atoms with Gasteiger partial charge in [-0.2, -0.15) is 5.26 Å². The van der Waals surface area contributed by atoms with Crippen LogP contribution in [0.4, 0.5) is 20.2 Å². The molecule has 5 nitrogen and oxygen atoms in total. The molecule has 24 heavy (non-hydrogen) atoms. The molecule has 122 valence electrons. The summed E-state index contributed by atoms with van der Waals surface area (Å²) >= 11 is 0. The van der Waals surface area contributed by atoms with Crippen molar-refractivity contribution in [3.63, 3.8) is 0 Å². The van der Waals surface area contributed by atoms with Crippen LogP contribution in [0.15, 0.2) is 42.5 Å². The number of nitriles is 1. The van der Waals surface area contributed by atoms with E-state index in [4.69, 9.17) is 5.26 Å². The number of carbonyl (C=O) groups excluding carboxylic acids is 2. The van der Waals surface area contributed by atoms with Gasteiger partial charge in [0.25, 0.3) is 0 Å². The fourth-order valence-electron chi connectivity index (χ4n) is 2.02. The van der Waals surface area contributed by atoms with Crippen LogP contribution in [0.3, 0.4) is 0 Å². The van der Waals surface area contributed by atoms with Crippen molar-refractivity contribution in [2.24, 2.45) is 0 Å². The average molecular weight is 329 g/mol. The van der Waals surface area contributed by atoms with E-state index in [1.54, 1.807) is 0 Å². The molecule has 0 spiro atoms. The van der Waals surface area contributed by atoms with E-state index in [-0.39, 0.29) is 12.2 Å². The van der Waals surface area contributed by atoms with Gasteiger partial charge in [-0.1, -0.05) is 0 Å². The van der Waals surface area contributed by atoms with E-state index >= 15 is 0 Å². The zero-order valence-electron chi connectivity index (χ0n) is 12.7. The van der Waals surface area contributed by atoms with Crippen molar-refractivity contribution >= 4 is 23.2 Å². The summed E-state index contributed by atoms with van der Waals surface area (Å²) in [6.45, 7) is 0.933. The Bertz CT molecular complexity index is 814. The Morgan fingerprint density at radius 1 is 1.17 bits per heavy atom. The van der Waals surface area contributed by atoms with Gasteiger partial charge in [-0.25, -0.2) is 8.78 Å². The first kappa shape index (κ1) is 17.1. The number of amides is 2. The molecule has 0 radical (unpaired) electrons. The van der Waals surface area contributed by atoms with Gasteiger partial charge in [0, 0.05) is 18.7 Å². The number of hydrogen-bond donors (Lipinski definition) is 1. The van der Waals surface area contributed by atoms with Crippen molar-refractivity contribution in [3.8, 4) is 6.07 Å². The highest BCUT2D eigenvalue weighted by molar-refractivity contribution is 6.01. The largest absolute Gasteiger partial charge is 0.322 e. The standard InChI is InChI=1S/C17H13F2N3O2/c1-11(23)22(14-5-2-12(9-20)3-6-14)10-17(24)21-16-7-4-13(18)8-15(16)19/h2-8H,10H2,1H3,(H,21,24). The highest BCUT2D eigenvalue weighted by Crippen LogP contribution is 2.17. The van der Waals surface area contributed by atoms with Crippen LogP contribution < -0.4 is 10.2 Å². The number of anilines is 2. The van der Waals surface area contributed by atoms with Crippen LogP contribution in [0.2, 0.25) is 0 Å². The maximum atomic E-state index is 13.5. The van der Waals surface area contributed by atoms with Gasteiger partial charge in [0.2, 0.25) is 11.8 Å². The van der Waals surface area contributed by atoms with Crippen LogP contribution in [-0.2, 0) is 9.59 Å². The predicted molar refractivity (Wildman–Crippen MR) is 84.2 cm³/mol. The van der Waals surface area contributed by atoms with Gasteiger partial charge < -0.3 is 10.2 Å². The quantitative estimate of drug-likeness (QED) is 0.937. The van der Waals surface area contributed by atoms with Gasteiger partial charge in [0.1, 0.15) is 18.2 Å². The van der Waals surface area contributed by atoms with E-state index in [0.717, 1.165) is 12.1 Å². The minimum atomic E-state index is -0.906. The van der Waals surface area contributed by atoms with Crippen LogP contribution in [0, 0.1) is 23.0 Å². The highest BCUT2D eigenvalue weighted by atomic mass is 19.1. The Morgan fingerprint density at radius 3 is 2.38 bits per heavy atom. The molecule has 0 aliphatic rings. The number of hydrogen-bond acceptors (Lipinski definition) is 3. The SMILES string of the molecule is CC(=O)N(CC(=O)Nc1ccc(F)cc1F)c1ccc(C#N)cc1. The monoisotopic (exact) mass is 329 g/mol. The van der Waals surface area contributed by atoms with E-state index in [9.17, 15) is 18.4 Å². The highest BCUT2D eigenvalue weighted by Gasteiger charge is 2.17. The van der Waals surface area contributed by atoms with Gasteiger partial charge in [-0.3, -0.25) is 9.59 Å². The smallest absolute Gasteiger partial charge is 0.244 e. The zero-order valence-corrected chi connectivity index (χ0v) is 12.7. The number of benzene rings is 2. The molecule has 0 aliphatic carbocycles. The van der Waals surface area contributed by atoms with Crippen LogP contribution in [-0.4, -0.2) is 18.4 Å². The molecule has 0 heterocycles. The summed E-state index contributed by atoms with van der Waals surface area (Å²) in [5.41, 5.74) is 0.668. The van der Waals surface area contributed by atoms with E-state index in [1.165, 1.54) is 36.1 Å². The molecule has 0 fully saturated rings. The number of nitrogens with one attached hydrogen (secondary N) is 1. The number of rotatable bonds is 4. The lowest BCUT2D eigenvalue weighted by Crippen LogP contribution is -2.36. The van der Waals surface area contributed by atoms with Gasteiger partial charge in [-0.15, -0.1) is 0 Å². The molecule has 2 rings (SSSR count). The first-order valence-electron chi connectivity index (χ1n) is 6.94. The van der Waals surface area contributed by atoms with E-state index < -0.39 is 23.4 Å². The summed E-state index contributed by atoms with van der Waals surface area (Å²) in [5, 5.41) is 11.1. The minimum absolute atomic E-state index is 0.176. The summed E-state index contributed by atoms with van der Waals surface area (Å²) in [5.74, 6) is -2.70. The van der Waals surface area contributed by atoms with Crippen molar-refractivity contribution < 1.29 is 18.4 Å². The first-order valence-corrected chi connectivity index (χ1v) is 6.94. The van der Waals surface area contributed by atoms with E-state index in [0.29, 0.717) is 17.3 Å². The molecule has 2 aromatic rings. The Balaban J connectivity index is 2.13. The molecule has 0 aliphatic heterocycles. The van der Waals surface area contributed by atoms with Crippen molar-refractivity contribution in [3.05, 3.63) is 59.7 Å². The maximum Gasteiger partial charge on any atom is 0.244 e. The molecule has 0 unspecified atom stereocenters. The van der Waals surface area contributed by atoms with Crippen LogP contribution >= 0.6 is 0 Å². The molecule has 0 atom stereocenters. The summed E-state index contributed by atoms with van der Waals surface area (Å²) in [6, 6.07) is 10.8. The lowest BCUT2D eigenvalue weighted by Gasteiger charge is -2.20. The second-order valence-corrected chi connectivity index (χ2v) is 4.94. The van der Waals surface area contributed by atoms with Gasteiger partial charge in [0.05, 0.1) is 17.3 Å². The van der Waals surface area contributed by atoms with Gasteiger partial charge >= 0.3 is 0 Å². The molecule has 0 aromatic heterocycles. The normalized spacial score (nSPS) is 9.92. The van der Waals surface area contributed by atoms with Crippen molar-refractivity contribution in [2.75, 3.05) is 16.8 Å². The molecular formula is C17H13F2N3O2. The Hall–Kier alpha value is -3.27. The maximum absolute atomic E-state index is 13.5. The molecule has 2 aromatic carbocycles. The summed E-state index contributed by atoms with van der Waals surface area (Å²) in [4.78, 5) is 25.0. The fourth-order valence-corrected chi connectivity index (χ4v) is 2.02. The molecule has 1 N–H and O–H groups in total. The van der Waals surface area contributed by atoms with Crippen LogP contribution in [0.25, 0.3) is 0 Å². The Kier molecular flexibility index (Phi) is 5.22. The van der Waals surface area contributed by atoms with E-state index in [2.05, 4.69) is 5.32 Å². The van der Waals surface area contributed by atoms with Crippen LogP contribution in [0.1, 0.15) is 12.5 Å². The first-order chi connectivity index (χ1) is 11.4. The van der Waals surface area contributed by atoms with Gasteiger partial charge in [-0.05, 0) is 36.4 Å². The van der Waals surface area contributed by atoms with Gasteiger partial charge in [0.15, 0.2) is 0 Å². The summed E-state index contributed by atoms with van der Waals surface area (Å²) in [6.07, 6.45) is 0. The molecule has 2 amide bonds. The minimum Gasteiger partial charge on any atom is -0.322 e. The molecular weight excluding hydrogens is 316 g/mol. The third-order valence-electron chi connectivity index (χ3n) is 3.20. The molecule has 0 saturated heterocycles. The second-order valence-electron chi connectivity index (χ2n) is 4.94. The Morgan fingerprint density at radius 2 is 1.83 bits per heavy atom. The van der Waals surface area contributed by atoms with Crippen molar-refractivity contribution in [1.82, 2.24) is 0 Å². The number of halogens is 2. The lowest BCUT2D eigenvalue weighted by molar-refractivity contribution is -0.120. The topological polar surface area (TPSA) is 73.2 Å². The average Bonchev–Trinajstić information content (AvgIpc) is 2.55. The third-order valence-corrected chi connectivity index (χ3v) is 3.20. The second kappa shape index (κ2) is 7.33. The van der Waals surface area contributed by atoms with Crippen molar-refractivity contribution in [1.29, 1.82) is 5.26 Å². The van der Waals surface area contributed by atoms with Crippen LogP contribution in [0.5, 0.6) is 0 Å². The zero-order chi connectivity index (χ0) is 17.7. The molecule has 7 heteroatoms. The van der Waals surface area contributed by atoms with E-state index in [1.807, 2.05) is 6.07 Å². The lowest BCUT2D eigenvalue weighted by atomic mass is 10.2. The fraction of sp³-hybridized carbons (Fsp3) is 0.118. The summed E-state index contributed by atoms with van der Waals surface area (Å²) < 4.78 is 26.4. The molecule has 0 saturated carbocycles. The van der Waals surface area contributed by atoms with Crippen molar-refractivity contribution in [2.45, 2.75) is 6.92 Å². The summed E-state index contributed by atoms with van der Waals surface area (Å²) in [7, 11) is 0. The number of nitrogens with zero attached hydrogens (tertiary/aromatic N) is 2. The predicted octanol–water partition coefficient (Wildman–Crippen LogP) is 2.83. The molecule has 0 bridgehead atoms. The number of carbonyl (C=O) groups is 2. The Labute approximate surface area is 137 Å². The third kappa shape index (κ3) is 4.14.